The zero-order valence-electron chi connectivity index (χ0n) is 17.7. The van der Waals surface area contributed by atoms with E-state index in [1.807, 2.05) is 19.1 Å². The van der Waals surface area contributed by atoms with E-state index in [1.165, 1.54) is 21.4 Å². The van der Waals surface area contributed by atoms with Crippen molar-refractivity contribution in [3.8, 4) is 5.75 Å². The van der Waals surface area contributed by atoms with Crippen LogP contribution in [0.25, 0.3) is 4.96 Å². The number of benzene rings is 1. The first kappa shape index (κ1) is 21.5. The number of hydrogen-bond donors (Lipinski definition) is 0. The molecule has 3 rings (SSSR count). The Labute approximate surface area is 176 Å². The number of aryl methyl sites for hydroxylation is 1. The summed E-state index contributed by atoms with van der Waals surface area (Å²) in [6.45, 7) is 11.5. The van der Waals surface area contributed by atoms with Crippen molar-refractivity contribution < 1.29 is 4.74 Å². The molecule has 0 N–H and O–H groups in total. The summed E-state index contributed by atoms with van der Waals surface area (Å²) in [6.07, 6.45) is 1.88. The van der Waals surface area contributed by atoms with Gasteiger partial charge < -0.3 is 4.74 Å². The van der Waals surface area contributed by atoms with Crippen LogP contribution in [0.1, 0.15) is 50.4 Å². The Morgan fingerprint density at radius 1 is 1.17 bits per heavy atom. The quantitative estimate of drug-likeness (QED) is 0.498. The molecule has 0 unspecified atom stereocenters. The second-order valence-electron chi connectivity index (χ2n) is 7.67. The summed E-state index contributed by atoms with van der Waals surface area (Å²) in [7, 11) is 0. The fourth-order valence-corrected chi connectivity index (χ4v) is 4.36. The van der Waals surface area contributed by atoms with Gasteiger partial charge in [0.1, 0.15) is 10.8 Å². The van der Waals surface area contributed by atoms with Crippen molar-refractivity contribution in [1.82, 2.24) is 19.5 Å². The molecule has 3 aromatic rings. The van der Waals surface area contributed by atoms with Crippen LogP contribution in [0, 0.1) is 5.92 Å². The molecule has 0 saturated heterocycles. The van der Waals surface area contributed by atoms with E-state index in [0.29, 0.717) is 24.0 Å². The minimum atomic E-state index is -0.103. The van der Waals surface area contributed by atoms with Gasteiger partial charge in [0.25, 0.3) is 5.56 Å². The van der Waals surface area contributed by atoms with E-state index in [9.17, 15) is 4.79 Å². The number of aromatic nitrogens is 3. The third-order valence-electron chi connectivity index (χ3n) is 4.45. The molecule has 29 heavy (non-hydrogen) atoms. The molecular weight excluding hydrogens is 384 g/mol. The third kappa shape index (κ3) is 5.87. The van der Waals surface area contributed by atoms with Gasteiger partial charge in [0.05, 0.1) is 12.3 Å². The maximum Gasteiger partial charge on any atom is 0.275 e. The van der Waals surface area contributed by atoms with Crippen LogP contribution in [0.5, 0.6) is 5.75 Å². The lowest BCUT2D eigenvalue weighted by Gasteiger charge is -2.24. The van der Waals surface area contributed by atoms with E-state index in [-0.39, 0.29) is 5.56 Å². The standard InChI is InChI=1S/C22H30N4O2S/c1-5-7-20-24-26-21(27)12-18(23-22(26)29-20)15-25(13-16(3)4)14-17-8-10-19(11-9-17)28-6-2/h8-12,16H,5-7,13-15H2,1-4H3. The highest BCUT2D eigenvalue weighted by Crippen LogP contribution is 2.17. The normalized spacial score (nSPS) is 11.7. The van der Waals surface area contributed by atoms with Gasteiger partial charge in [-0.2, -0.15) is 9.61 Å². The van der Waals surface area contributed by atoms with Crippen LogP contribution in [-0.4, -0.2) is 32.6 Å². The molecule has 1 aromatic carbocycles. The van der Waals surface area contributed by atoms with Crippen molar-refractivity contribution in [2.45, 2.75) is 53.6 Å². The Morgan fingerprint density at radius 3 is 2.59 bits per heavy atom. The molecule has 156 valence electrons. The van der Waals surface area contributed by atoms with Crippen molar-refractivity contribution in [3.05, 3.63) is 57.0 Å². The molecule has 7 heteroatoms. The summed E-state index contributed by atoms with van der Waals surface area (Å²) in [4.78, 5) is 20.3. The van der Waals surface area contributed by atoms with Gasteiger partial charge in [-0.1, -0.05) is 44.2 Å². The van der Waals surface area contributed by atoms with E-state index in [4.69, 9.17) is 9.72 Å². The van der Waals surface area contributed by atoms with Gasteiger partial charge in [0.2, 0.25) is 4.96 Å². The summed E-state index contributed by atoms with van der Waals surface area (Å²) in [5.74, 6) is 1.40. The number of ether oxygens (including phenoxy) is 1. The number of nitrogens with zero attached hydrogens (tertiary/aromatic N) is 4. The minimum Gasteiger partial charge on any atom is -0.494 e. The lowest BCUT2D eigenvalue weighted by Crippen LogP contribution is -2.28. The van der Waals surface area contributed by atoms with Crippen LogP contribution >= 0.6 is 11.3 Å². The van der Waals surface area contributed by atoms with E-state index in [0.717, 1.165) is 42.4 Å². The maximum absolute atomic E-state index is 12.5. The molecule has 0 aliphatic rings. The van der Waals surface area contributed by atoms with Crippen LogP contribution < -0.4 is 10.3 Å². The Morgan fingerprint density at radius 2 is 1.93 bits per heavy atom. The molecular formula is C22H30N4O2S. The van der Waals surface area contributed by atoms with Crippen molar-refractivity contribution in [1.29, 1.82) is 0 Å². The van der Waals surface area contributed by atoms with Gasteiger partial charge >= 0.3 is 0 Å². The van der Waals surface area contributed by atoms with E-state index in [1.54, 1.807) is 6.07 Å². The van der Waals surface area contributed by atoms with Gasteiger partial charge in [-0.25, -0.2) is 4.98 Å². The fourth-order valence-electron chi connectivity index (χ4n) is 3.34. The molecule has 0 bridgehead atoms. The van der Waals surface area contributed by atoms with E-state index < -0.39 is 0 Å². The molecule has 0 aliphatic carbocycles. The highest BCUT2D eigenvalue weighted by molar-refractivity contribution is 7.16. The Kier molecular flexibility index (Phi) is 7.39. The smallest absolute Gasteiger partial charge is 0.275 e. The molecule has 0 fully saturated rings. The highest BCUT2D eigenvalue weighted by atomic mass is 32.1. The Balaban J connectivity index is 1.79. The SMILES string of the molecule is CCCc1nn2c(=O)cc(CN(Cc3ccc(OCC)cc3)CC(C)C)nc2s1. The minimum absolute atomic E-state index is 0.103. The van der Waals surface area contributed by atoms with Gasteiger partial charge in [0.15, 0.2) is 0 Å². The Hall–Kier alpha value is -2.25. The van der Waals surface area contributed by atoms with Crippen molar-refractivity contribution in [3.63, 3.8) is 0 Å². The second-order valence-corrected chi connectivity index (χ2v) is 8.71. The second kappa shape index (κ2) is 9.98. The molecule has 0 spiro atoms. The number of rotatable bonds is 10. The monoisotopic (exact) mass is 414 g/mol. The molecule has 2 aromatic heterocycles. The van der Waals surface area contributed by atoms with Crippen molar-refractivity contribution in [2.75, 3.05) is 13.2 Å². The Bertz CT molecular complexity index is 979. The molecule has 0 saturated carbocycles. The van der Waals surface area contributed by atoms with Gasteiger partial charge in [-0.15, -0.1) is 0 Å². The summed E-state index contributed by atoms with van der Waals surface area (Å²) < 4.78 is 6.96. The average Bonchev–Trinajstić information content (AvgIpc) is 3.06. The maximum atomic E-state index is 12.5. The first-order valence-corrected chi connectivity index (χ1v) is 11.1. The van der Waals surface area contributed by atoms with Gasteiger partial charge in [-0.05, 0) is 37.0 Å². The van der Waals surface area contributed by atoms with Crippen molar-refractivity contribution >= 4 is 16.3 Å². The summed E-state index contributed by atoms with van der Waals surface area (Å²) in [5, 5.41) is 5.36. The predicted octanol–water partition coefficient (Wildman–Crippen LogP) is 4.16. The summed E-state index contributed by atoms with van der Waals surface area (Å²) >= 11 is 1.51. The van der Waals surface area contributed by atoms with E-state index >= 15 is 0 Å². The van der Waals surface area contributed by atoms with Gasteiger partial charge in [0, 0.05) is 32.1 Å². The largest absolute Gasteiger partial charge is 0.494 e. The number of fused-ring (bicyclic) bond motifs is 1. The first-order valence-electron chi connectivity index (χ1n) is 10.3. The topological polar surface area (TPSA) is 59.7 Å². The molecule has 0 amide bonds. The zero-order valence-corrected chi connectivity index (χ0v) is 18.5. The van der Waals surface area contributed by atoms with Crippen LogP contribution in [0.15, 0.2) is 35.1 Å². The third-order valence-corrected chi connectivity index (χ3v) is 5.42. The van der Waals surface area contributed by atoms with Crippen LogP contribution in [0.2, 0.25) is 0 Å². The molecule has 0 radical (unpaired) electrons. The van der Waals surface area contributed by atoms with Crippen LogP contribution in [0.3, 0.4) is 0 Å². The van der Waals surface area contributed by atoms with Crippen LogP contribution in [0.4, 0.5) is 0 Å². The summed E-state index contributed by atoms with van der Waals surface area (Å²) in [6, 6.07) is 9.84. The lowest BCUT2D eigenvalue weighted by molar-refractivity contribution is 0.225. The average molecular weight is 415 g/mol. The molecule has 2 heterocycles. The van der Waals surface area contributed by atoms with Crippen LogP contribution in [-0.2, 0) is 19.5 Å². The zero-order chi connectivity index (χ0) is 20.8. The lowest BCUT2D eigenvalue weighted by atomic mass is 10.1. The summed E-state index contributed by atoms with van der Waals surface area (Å²) in [5.41, 5.74) is 1.91. The molecule has 0 aliphatic heterocycles. The van der Waals surface area contributed by atoms with Crippen molar-refractivity contribution in [2.24, 2.45) is 5.92 Å². The predicted molar refractivity (Wildman–Crippen MR) is 118 cm³/mol. The fraction of sp³-hybridized carbons (Fsp3) is 0.500. The number of hydrogen-bond acceptors (Lipinski definition) is 6. The van der Waals surface area contributed by atoms with Gasteiger partial charge in [-0.3, -0.25) is 9.69 Å². The first-order chi connectivity index (χ1) is 14.0. The van der Waals surface area contributed by atoms with E-state index in [2.05, 4.69) is 42.9 Å². The molecule has 6 nitrogen and oxygen atoms in total. The molecule has 0 atom stereocenters. The highest BCUT2D eigenvalue weighted by Gasteiger charge is 2.14.